The van der Waals surface area contributed by atoms with Gasteiger partial charge in [0.1, 0.15) is 23.8 Å². The first-order valence-corrected chi connectivity index (χ1v) is 10.6. The number of ether oxygens (including phenoxy) is 3. The summed E-state index contributed by atoms with van der Waals surface area (Å²) < 4.78 is 31.6. The molecule has 0 radical (unpaired) electrons. The molecule has 174 valence electrons. The summed E-state index contributed by atoms with van der Waals surface area (Å²) >= 11 is 0. The minimum Gasteiger partial charge on any atom is -0.497 e. The monoisotopic (exact) mass is 461 g/mol. The summed E-state index contributed by atoms with van der Waals surface area (Å²) in [5.74, 6) is 0.491. The van der Waals surface area contributed by atoms with Crippen LogP contribution in [0, 0.1) is 5.82 Å². The summed E-state index contributed by atoms with van der Waals surface area (Å²) in [6.07, 6.45) is 1.67. The standard InChI is InChI=1S/C26H24FN3O4/c1-32-19-12-13-20(24(16-19)33-2)25-21(17-30(29-25)18-8-4-3-5-9-18)26(31)28-14-15-34-23-11-7-6-10-22(23)27/h3-13,16-17H,14-15H2,1-2H3,(H,28,31). The number of hydrogen-bond donors (Lipinski definition) is 1. The van der Waals surface area contributed by atoms with Crippen molar-refractivity contribution in [2.24, 2.45) is 0 Å². The highest BCUT2D eigenvalue weighted by Gasteiger charge is 2.21. The van der Waals surface area contributed by atoms with Crippen LogP contribution in [0.25, 0.3) is 16.9 Å². The Bertz CT molecular complexity index is 1270. The van der Waals surface area contributed by atoms with Crippen LogP contribution in [0.15, 0.2) is 79.0 Å². The largest absolute Gasteiger partial charge is 0.497 e. The lowest BCUT2D eigenvalue weighted by molar-refractivity contribution is 0.0947. The number of nitrogens with zero attached hydrogens (tertiary/aromatic N) is 2. The lowest BCUT2D eigenvalue weighted by atomic mass is 10.1. The van der Waals surface area contributed by atoms with E-state index in [0.717, 1.165) is 5.69 Å². The van der Waals surface area contributed by atoms with Crippen LogP contribution in [0.4, 0.5) is 4.39 Å². The van der Waals surface area contributed by atoms with Crippen LogP contribution < -0.4 is 19.5 Å². The SMILES string of the molecule is COc1ccc(-c2nn(-c3ccccc3)cc2C(=O)NCCOc2ccccc2F)c(OC)c1. The Balaban J connectivity index is 1.60. The van der Waals surface area contributed by atoms with E-state index in [9.17, 15) is 9.18 Å². The van der Waals surface area contributed by atoms with Gasteiger partial charge in [-0.05, 0) is 36.4 Å². The third-order valence-corrected chi connectivity index (χ3v) is 5.13. The molecule has 4 rings (SSSR count). The highest BCUT2D eigenvalue weighted by molar-refractivity contribution is 6.00. The predicted molar refractivity (Wildman–Crippen MR) is 126 cm³/mol. The van der Waals surface area contributed by atoms with Crippen molar-refractivity contribution in [1.29, 1.82) is 0 Å². The molecule has 4 aromatic rings. The Morgan fingerprint density at radius 2 is 1.74 bits per heavy atom. The van der Waals surface area contributed by atoms with Crippen molar-refractivity contribution in [2.75, 3.05) is 27.4 Å². The van der Waals surface area contributed by atoms with Crippen LogP contribution in [0.2, 0.25) is 0 Å². The van der Waals surface area contributed by atoms with Gasteiger partial charge in [-0.2, -0.15) is 5.10 Å². The van der Waals surface area contributed by atoms with Crippen molar-refractivity contribution < 1.29 is 23.4 Å². The number of nitrogens with one attached hydrogen (secondary N) is 1. The number of aromatic nitrogens is 2. The summed E-state index contributed by atoms with van der Waals surface area (Å²) in [5, 5.41) is 7.50. The Hall–Kier alpha value is -4.33. The van der Waals surface area contributed by atoms with E-state index in [1.54, 1.807) is 55.4 Å². The third-order valence-electron chi connectivity index (χ3n) is 5.13. The van der Waals surface area contributed by atoms with Crippen molar-refractivity contribution >= 4 is 5.91 Å². The molecule has 1 heterocycles. The average molecular weight is 461 g/mol. The molecule has 0 aliphatic carbocycles. The Labute approximate surface area is 196 Å². The molecular formula is C26H24FN3O4. The van der Waals surface area contributed by atoms with E-state index in [0.29, 0.717) is 28.3 Å². The van der Waals surface area contributed by atoms with Crippen LogP contribution >= 0.6 is 0 Å². The molecule has 1 amide bonds. The number of hydrogen-bond acceptors (Lipinski definition) is 5. The second kappa shape index (κ2) is 10.5. The van der Waals surface area contributed by atoms with E-state index in [1.807, 2.05) is 30.3 Å². The number of rotatable bonds is 9. The maximum atomic E-state index is 13.7. The normalized spacial score (nSPS) is 10.6. The molecule has 7 nitrogen and oxygen atoms in total. The Morgan fingerprint density at radius 1 is 0.971 bits per heavy atom. The van der Waals surface area contributed by atoms with Gasteiger partial charge in [0.15, 0.2) is 11.6 Å². The first-order chi connectivity index (χ1) is 16.6. The van der Waals surface area contributed by atoms with Gasteiger partial charge < -0.3 is 19.5 Å². The first-order valence-electron chi connectivity index (χ1n) is 10.6. The fourth-order valence-corrected chi connectivity index (χ4v) is 3.43. The molecule has 0 aliphatic heterocycles. The smallest absolute Gasteiger partial charge is 0.255 e. The first kappa shape index (κ1) is 22.8. The average Bonchev–Trinajstić information content (AvgIpc) is 3.33. The summed E-state index contributed by atoms with van der Waals surface area (Å²) in [4.78, 5) is 13.1. The molecule has 3 aromatic carbocycles. The van der Waals surface area contributed by atoms with E-state index < -0.39 is 5.82 Å². The van der Waals surface area contributed by atoms with Crippen molar-refractivity contribution in [3.8, 4) is 34.2 Å². The van der Waals surface area contributed by atoms with Gasteiger partial charge in [-0.3, -0.25) is 4.79 Å². The fourth-order valence-electron chi connectivity index (χ4n) is 3.43. The number of methoxy groups -OCH3 is 2. The van der Waals surface area contributed by atoms with E-state index in [-0.39, 0.29) is 24.8 Å². The lowest BCUT2D eigenvalue weighted by Gasteiger charge is -2.11. The van der Waals surface area contributed by atoms with E-state index in [1.165, 1.54) is 12.1 Å². The molecular weight excluding hydrogens is 437 g/mol. The van der Waals surface area contributed by atoms with Crippen LogP contribution in [0.5, 0.6) is 17.2 Å². The molecule has 1 N–H and O–H groups in total. The highest BCUT2D eigenvalue weighted by atomic mass is 19.1. The second-order valence-electron chi connectivity index (χ2n) is 7.27. The lowest BCUT2D eigenvalue weighted by Crippen LogP contribution is -2.28. The quantitative estimate of drug-likeness (QED) is 0.372. The summed E-state index contributed by atoms with van der Waals surface area (Å²) in [5.41, 5.74) is 2.26. The number of benzene rings is 3. The topological polar surface area (TPSA) is 74.6 Å². The summed E-state index contributed by atoms with van der Waals surface area (Å²) in [6, 6.07) is 20.9. The van der Waals surface area contributed by atoms with Gasteiger partial charge in [-0.1, -0.05) is 30.3 Å². The molecule has 0 fully saturated rings. The van der Waals surface area contributed by atoms with Gasteiger partial charge in [0.25, 0.3) is 5.91 Å². The van der Waals surface area contributed by atoms with Gasteiger partial charge in [0.05, 0.1) is 32.0 Å². The van der Waals surface area contributed by atoms with Gasteiger partial charge >= 0.3 is 0 Å². The van der Waals surface area contributed by atoms with Crippen molar-refractivity contribution in [3.05, 3.63) is 90.4 Å². The molecule has 0 spiro atoms. The Morgan fingerprint density at radius 3 is 2.47 bits per heavy atom. The second-order valence-corrected chi connectivity index (χ2v) is 7.27. The predicted octanol–water partition coefficient (Wildman–Crippen LogP) is 4.50. The fraction of sp³-hybridized carbons (Fsp3) is 0.154. The van der Waals surface area contributed by atoms with E-state index >= 15 is 0 Å². The van der Waals surface area contributed by atoms with E-state index in [4.69, 9.17) is 14.2 Å². The van der Waals surface area contributed by atoms with Crippen LogP contribution in [0.3, 0.4) is 0 Å². The number of amides is 1. The molecule has 0 saturated heterocycles. The van der Waals surface area contributed by atoms with Gasteiger partial charge in [0, 0.05) is 17.8 Å². The summed E-state index contributed by atoms with van der Waals surface area (Å²) in [7, 11) is 3.12. The van der Waals surface area contributed by atoms with Gasteiger partial charge in [-0.25, -0.2) is 9.07 Å². The molecule has 0 aliphatic rings. The zero-order valence-electron chi connectivity index (χ0n) is 18.8. The highest BCUT2D eigenvalue weighted by Crippen LogP contribution is 2.34. The number of para-hydroxylation sites is 2. The van der Waals surface area contributed by atoms with Crippen LogP contribution in [-0.4, -0.2) is 43.1 Å². The molecule has 34 heavy (non-hydrogen) atoms. The van der Waals surface area contributed by atoms with Gasteiger partial charge in [-0.15, -0.1) is 0 Å². The summed E-state index contributed by atoms with van der Waals surface area (Å²) in [6.45, 7) is 0.295. The van der Waals surface area contributed by atoms with Crippen molar-refractivity contribution in [3.63, 3.8) is 0 Å². The molecule has 0 unspecified atom stereocenters. The zero-order chi connectivity index (χ0) is 23.9. The maximum Gasteiger partial charge on any atom is 0.255 e. The van der Waals surface area contributed by atoms with Crippen molar-refractivity contribution in [1.82, 2.24) is 15.1 Å². The van der Waals surface area contributed by atoms with Crippen molar-refractivity contribution in [2.45, 2.75) is 0 Å². The molecule has 0 saturated carbocycles. The number of carbonyl (C=O) groups is 1. The molecule has 8 heteroatoms. The van der Waals surface area contributed by atoms with Crippen LogP contribution in [0.1, 0.15) is 10.4 Å². The Kier molecular flexibility index (Phi) is 7.07. The molecule has 1 aromatic heterocycles. The molecule has 0 atom stereocenters. The number of halogens is 1. The minimum absolute atomic E-state index is 0.112. The molecule has 0 bridgehead atoms. The minimum atomic E-state index is -0.452. The maximum absolute atomic E-state index is 13.7. The zero-order valence-corrected chi connectivity index (χ0v) is 18.8. The third kappa shape index (κ3) is 5.01. The number of carbonyl (C=O) groups excluding carboxylic acids is 1. The van der Waals surface area contributed by atoms with Gasteiger partial charge in [0.2, 0.25) is 0 Å². The van der Waals surface area contributed by atoms with E-state index in [2.05, 4.69) is 10.4 Å². The van der Waals surface area contributed by atoms with Crippen LogP contribution in [-0.2, 0) is 0 Å².